The van der Waals surface area contributed by atoms with E-state index in [1.54, 1.807) is 0 Å². The first-order valence-electron chi connectivity index (χ1n) is 10.2. The first-order chi connectivity index (χ1) is 13.3. The summed E-state index contributed by atoms with van der Waals surface area (Å²) in [6.45, 7) is 5.83. The molecule has 0 aromatic heterocycles. The molecule has 0 unspecified atom stereocenters. The maximum absolute atomic E-state index is 6.62. The molecule has 0 heterocycles. The van der Waals surface area contributed by atoms with Crippen LogP contribution < -0.4 is 9.47 Å². The zero-order valence-corrected chi connectivity index (χ0v) is 17.1. The largest absolute Gasteiger partial charge is 0.492 e. The second-order valence-corrected chi connectivity index (χ2v) is 7.38. The average Bonchev–Trinajstić information content (AvgIpc) is 2.69. The Morgan fingerprint density at radius 2 is 1.22 bits per heavy atom. The number of unbranched alkanes of at least 4 members (excludes halogenated alkanes) is 4. The SMILES string of the molecule is CCCCCOc1c2ccccc2c(OCCCCC)c2c(Cl)cccc12. The highest BCUT2D eigenvalue weighted by Gasteiger charge is 2.18. The standard InChI is InChI=1S/C24H29ClO2/c1-3-5-9-16-26-23-18-12-7-8-13-19(18)24(27-17-10-6-4-2)22-20(23)14-11-15-21(22)25/h7-8,11-15H,3-6,9-10,16-17H2,1-2H3. The van der Waals surface area contributed by atoms with Gasteiger partial charge in [-0.1, -0.05) is 87.5 Å². The van der Waals surface area contributed by atoms with Crippen molar-refractivity contribution in [3.8, 4) is 11.5 Å². The van der Waals surface area contributed by atoms with E-state index in [2.05, 4.69) is 38.1 Å². The minimum Gasteiger partial charge on any atom is -0.492 e. The number of fused-ring (bicyclic) bond motifs is 2. The van der Waals surface area contributed by atoms with Crippen molar-refractivity contribution in [1.29, 1.82) is 0 Å². The van der Waals surface area contributed by atoms with Crippen molar-refractivity contribution in [2.45, 2.75) is 52.4 Å². The van der Waals surface area contributed by atoms with E-state index in [-0.39, 0.29) is 0 Å². The van der Waals surface area contributed by atoms with E-state index in [0.717, 1.165) is 52.5 Å². The summed E-state index contributed by atoms with van der Waals surface area (Å²) in [4.78, 5) is 0. The van der Waals surface area contributed by atoms with Crippen LogP contribution in [0.25, 0.3) is 21.5 Å². The summed E-state index contributed by atoms with van der Waals surface area (Å²) in [6.07, 6.45) is 6.81. The van der Waals surface area contributed by atoms with E-state index in [1.807, 2.05) is 18.2 Å². The van der Waals surface area contributed by atoms with Crippen molar-refractivity contribution in [3.63, 3.8) is 0 Å². The van der Waals surface area contributed by atoms with Gasteiger partial charge in [0.1, 0.15) is 11.5 Å². The fourth-order valence-corrected chi connectivity index (χ4v) is 3.72. The lowest BCUT2D eigenvalue weighted by Gasteiger charge is -2.18. The molecule has 144 valence electrons. The van der Waals surface area contributed by atoms with Crippen LogP contribution in [0.1, 0.15) is 52.4 Å². The van der Waals surface area contributed by atoms with Gasteiger partial charge >= 0.3 is 0 Å². The van der Waals surface area contributed by atoms with Crippen LogP contribution >= 0.6 is 11.6 Å². The number of hydrogen-bond acceptors (Lipinski definition) is 2. The van der Waals surface area contributed by atoms with Gasteiger partial charge in [-0.2, -0.15) is 0 Å². The van der Waals surface area contributed by atoms with Gasteiger partial charge in [0.05, 0.1) is 18.2 Å². The van der Waals surface area contributed by atoms with Gasteiger partial charge in [-0.15, -0.1) is 0 Å². The Balaban J connectivity index is 2.10. The molecule has 0 aliphatic rings. The predicted octanol–water partition coefficient (Wildman–Crippen LogP) is 7.78. The van der Waals surface area contributed by atoms with Gasteiger partial charge in [0.25, 0.3) is 0 Å². The van der Waals surface area contributed by atoms with E-state index in [0.29, 0.717) is 11.6 Å². The molecule has 0 aliphatic heterocycles. The van der Waals surface area contributed by atoms with Crippen LogP contribution in [0.4, 0.5) is 0 Å². The van der Waals surface area contributed by atoms with Gasteiger partial charge in [-0.05, 0) is 18.9 Å². The highest BCUT2D eigenvalue weighted by Crippen LogP contribution is 2.45. The highest BCUT2D eigenvalue weighted by molar-refractivity contribution is 6.37. The van der Waals surface area contributed by atoms with Gasteiger partial charge in [0.2, 0.25) is 0 Å². The summed E-state index contributed by atoms with van der Waals surface area (Å²) < 4.78 is 12.5. The minimum atomic E-state index is 0.703. The van der Waals surface area contributed by atoms with Gasteiger partial charge in [-0.3, -0.25) is 0 Å². The number of ether oxygens (including phenoxy) is 2. The molecule has 0 amide bonds. The second kappa shape index (κ2) is 9.85. The van der Waals surface area contributed by atoms with Crippen molar-refractivity contribution in [2.24, 2.45) is 0 Å². The van der Waals surface area contributed by atoms with E-state index in [4.69, 9.17) is 21.1 Å². The van der Waals surface area contributed by atoms with Crippen molar-refractivity contribution in [3.05, 3.63) is 47.5 Å². The summed E-state index contributed by atoms with van der Waals surface area (Å²) in [5.74, 6) is 1.79. The molecule has 0 radical (unpaired) electrons. The molecular formula is C24H29ClO2. The molecule has 0 bridgehead atoms. The Labute approximate surface area is 167 Å². The zero-order chi connectivity index (χ0) is 19.1. The number of halogens is 1. The lowest BCUT2D eigenvalue weighted by molar-refractivity contribution is 0.308. The fourth-order valence-electron chi connectivity index (χ4n) is 3.46. The minimum absolute atomic E-state index is 0.703. The van der Waals surface area contributed by atoms with Gasteiger partial charge < -0.3 is 9.47 Å². The Morgan fingerprint density at radius 1 is 0.667 bits per heavy atom. The van der Waals surface area contributed by atoms with Crippen LogP contribution in [-0.4, -0.2) is 13.2 Å². The van der Waals surface area contributed by atoms with Crippen molar-refractivity contribution in [2.75, 3.05) is 13.2 Å². The van der Waals surface area contributed by atoms with Gasteiger partial charge in [0, 0.05) is 21.5 Å². The lowest BCUT2D eigenvalue weighted by atomic mass is 10.0. The predicted molar refractivity (Wildman–Crippen MR) is 117 cm³/mol. The monoisotopic (exact) mass is 384 g/mol. The maximum Gasteiger partial charge on any atom is 0.136 e. The summed E-state index contributed by atoms with van der Waals surface area (Å²) in [6, 6.07) is 14.3. The highest BCUT2D eigenvalue weighted by atomic mass is 35.5. The van der Waals surface area contributed by atoms with Crippen LogP contribution in [0.5, 0.6) is 11.5 Å². The van der Waals surface area contributed by atoms with E-state index >= 15 is 0 Å². The third-order valence-corrected chi connectivity index (χ3v) is 5.21. The Hall–Kier alpha value is -1.93. The first-order valence-corrected chi connectivity index (χ1v) is 10.5. The fraction of sp³-hybridized carbons (Fsp3) is 0.417. The van der Waals surface area contributed by atoms with Crippen LogP contribution in [0.3, 0.4) is 0 Å². The molecule has 0 N–H and O–H groups in total. The number of rotatable bonds is 10. The third-order valence-electron chi connectivity index (χ3n) is 4.89. The second-order valence-electron chi connectivity index (χ2n) is 6.98. The molecular weight excluding hydrogens is 356 g/mol. The van der Waals surface area contributed by atoms with Crippen LogP contribution in [0.15, 0.2) is 42.5 Å². The molecule has 3 heteroatoms. The first kappa shape index (κ1) is 19.8. The molecule has 3 aromatic rings. The van der Waals surface area contributed by atoms with Crippen molar-refractivity contribution >= 4 is 33.1 Å². The molecule has 2 nitrogen and oxygen atoms in total. The van der Waals surface area contributed by atoms with Gasteiger partial charge in [-0.25, -0.2) is 0 Å². The molecule has 3 aromatic carbocycles. The topological polar surface area (TPSA) is 18.5 Å². The van der Waals surface area contributed by atoms with Gasteiger partial charge in [0.15, 0.2) is 0 Å². The zero-order valence-electron chi connectivity index (χ0n) is 16.4. The molecule has 0 aliphatic carbocycles. The van der Waals surface area contributed by atoms with Crippen LogP contribution in [-0.2, 0) is 0 Å². The number of hydrogen-bond donors (Lipinski definition) is 0. The molecule has 0 saturated heterocycles. The molecule has 0 spiro atoms. The Bertz CT molecular complexity index is 888. The smallest absolute Gasteiger partial charge is 0.136 e. The molecule has 0 saturated carbocycles. The van der Waals surface area contributed by atoms with E-state index in [1.165, 1.54) is 25.7 Å². The maximum atomic E-state index is 6.62. The summed E-state index contributed by atoms with van der Waals surface area (Å²) in [5, 5.41) is 4.86. The molecule has 0 atom stereocenters. The normalized spacial score (nSPS) is 11.2. The summed E-state index contributed by atoms with van der Waals surface area (Å²) in [7, 11) is 0. The summed E-state index contributed by atoms with van der Waals surface area (Å²) >= 11 is 6.62. The average molecular weight is 385 g/mol. The van der Waals surface area contributed by atoms with E-state index in [9.17, 15) is 0 Å². The lowest BCUT2D eigenvalue weighted by Crippen LogP contribution is -2.02. The Morgan fingerprint density at radius 3 is 1.85 bits per heavy atom. The van der Waals surface area contributed by atoms with Crippen molar-refractivity contribution in [1.82, 2.24) is 0 Å². The van der Waals surface area contributed by atoms with Crippen LogP contribution in [0.2, 0.25) is 5.02 Å². The van der Waals surface area contributed by atoms with Crippen LogP contribution in [0, 0.1) is 0 Å². The molecule has 3 rings (SSSR count). The quantitative estimate of drug-likeness (QED) is 0.262. The van der Waals surface area contributed by atoms with E-state index < -0.39 is 0 Å². The molecule has 27 heavy (non-hydrogen) atoms. The number of benzene rings is 3. The van der Waals surface area contributed by atoms with Crippen molar-refractivity contribution < 1.29 is 9.47 Å². The third kappa shape index (κ3) is 4.50. The Kier molecular flexibility index (Phi) is 7.23. The molecule has 0 fully saturated rings. The summed E-state index contributed by atoms with van der Waals surface area (Å²) in [5.41, 5.74) is 0.